The van der Waals surface area contributed by atoms with Crippen molar-refractivity contribution in [3.05, 3.63) is 95.5 Å². The number of ether oxygens (including phenoxy) is 2. The Balaban J connectivity index is 1.28. The number of carbonyl (C=O) groups excluding carboxylic acids is 1. The molecule has 0 bridgehead atoms. The number of nitrogen functional groups attached to an aromatic ring is 1. The van der Waals surface area contributed by atoms with Gasteiger partial charge in [0, 0.05) is 32.2 Å². The molecule has 0 radical (unpaired) electrons. The highest BCUT2D eigenvalue weighted by molar-refractivity contribution is 5.96. The van der Waals surface area contributed by atoms with Gasteiger partial charge in [0.25, 0.3) is 5.91 Å². The highest BCUT2D eigenvalue weighted by Gasteiger charge is 2.17. The fourth-order valence-electron chi connectivity index (χ4n) is 4.23. The molecule has 38 heavy (non-hydrogen) atoms. The van der Waals surface area contributed by atoms with Gasteiger partial charge >= 0.3 is 0 Å². The number of nitrogens with two attached hydrogens (primary N) is 1. The van der Waals surface area contributed by atoms with Gasteiger partial charge in [-0.15, -0.1) is 5.10 Å². The predicted octanol–water partition coefficient (Wildman–Crippen LogP) is 2.79. The smallest absolute Gasteiger partial charge is 0.291 e. The maximum atomic E-state index is 12.9. The average molecular weight is 513 g/mol. The van der Waals surface area contributed by atoms with Crippen molar-refractivity contribution in [1.82, 2.24) is 34.8 Å². The number of fused-ring (bicyclic) bond motifs is 1. The molecular formula is C27H28N8O3. The molecule has 194 valence electrons. The van der Waals surface area contributed by atoms with E-state index in [1.54, 1.807) is 31.3 Å². The molecule has 1 amide bonds. The minimum Gasteiger partial charge on any atom is -0.496 e. The van der Waals surface area contributed by atoms with Crippen LogP contribution in [0.4, 0.5) is 5.82 Å². The van der Waals surface area contributed by atoms with Crippen LogP contribution in [0, 0.1) is 0 Å². The summed E-state index contributed by atoms with van der Waals surface area (Å²) in [5, 5.41) is 13.2. The molecule has 3 heterocycles. The standard InChI is InChI=1S/C27H28N8O3/c1-37-17-23-32-26(33-35(23)16-19-6-4-18(5-7-19)15-34-11-3-9-31-34)27(36)30-14-20-12-21-8-10-29-25(28)24(21)22(13-20)38-2/h3-13H,14-17H2,1-2H3,(H2,28,29)(H,30,36). The van der Waals surface area contributed by atoms with Gasteiger partial charge in [0.2, 0.25) is 5.82 Å². The molecule has 11 nitrogen and oxygen atoms in total. The Bertz CT molecular complexity index is 1550. The van der Waals surface area contributed by atoms with E-state index in [0.29, 0.717) is 30.5 Å². The number of hydrogen-bond donors (Lipinski definition) is 2. The predicted molar refractivity (Wildman–Crippen MR) is 141 cm³/mol. The topological polar surface area (TPSA) is 135 Å². The van der Waals surface area contributed by atoms with Crippen molar-refractivity contribution in [3.63, 3.8) is 0 Å². The number of rotatable bonds is 10. The fraction of sp³-hybridized carbons (Fsp3) is 0.222. The van der Waals surface area contributed by atoms with Crippen molar-refractivity contribution in [2.75, 3.05) is 20.0 Å². The maximum absolute atomic E-state index is 12.9. The second-order valence-electron chi connectivity index (χ2n) is 8.74. The van der Waals surface area contributed by atoms with Crippen LogP contribution >= 0.6 is 0 Å². The van der Waals surface area contributed by atoms with Crippen LogP contribution in [0.3, 0.4) is 0 Å². The molecule has 11 heteroatoms. The highest BCUT2D eigenvalue weighted by Crippen LogP contribution is 2.30. The lowest BCUT2D eigenvalue weighted by molar-refractivity contribution is 0.0940. The summed E-state index contributed by atoms with van der Waals surface area (Å²) in [7, 11) is 3.16. The summed E-state index contributed by atoms with van der Waals surface area (Å²) in [4.78, 5) is 21.5. The molecule has 0 spiro atoms. The van der Waals surface area contributed by atoms with Crippen molar-refractivity contribution in [1.29, 1.82) is 0 Å². The molecule has 3 aromatic heterocycles. The fourth-order valence-corrected chi connectivity index (χ4v) is 4.23. The second-order valence-corrected chi connectivity index (χ2v) is 8.74. The molecule has 0 saturated heterocycles. The van der Waals surface area contributed by atoms with Gasteiger partial charge in [-0.05, 0) is 46.3 Å². The first-order valence-electron chi connectivity index (χ1n) is 12.0. The minimum absolute atomic E-state index is 0.0774. The van der Waals surface area contributed by atoms with Gasteiger partial charge in [-0.25, -0.2) is 14.6 Å². The van der Waals surface area contributed by atoms with E-state index >= 15 is 0 Å². The number of nitrogens with zero attached hydrogens (tertiary/aromatic N) is 6. The van der Waals surface area contributed by atoms with Crippen LogP contribution in [0.5, 0.6) is 5.75 Å². The van der Waals surface area contributed by atoms with E-state index in [-0.39, 0.29) is 24.9 Å². The van der Waals surface area contributed by atoms with Crippen molar-refractivity contribution < 1.29 is 14.3 Å². The molecule has 0 fully saturated rings. The van der Waals surface area contributed by atoms with Crippen LogP contribution in [0.1, 0.15) is 33.1 Å². The van der Waals surface area contributed by atoms with Crippen molar-refractivity contribution in [3.8, 4) is 5.75 Å². The molecule has 0 saturated carbocycles. The first-order chi connectivity index (χ1) is 18.5. The van der Waals surface area contributed by atoms with E-state index in [9.17, 15) is 4.79 Å². The normalized spacial score (nSPS) is 11.1. The summed E-state index contributed by atoms with van der Waals surface area (Å²) in [5.74, 6) is 1.24. The quantitative estimate of drug-likeness (QED) is 0.292. The highest BCUT2D eigenvalue weighted by atomic mass is 16.5. The molecule has 3 N–H and O–H groups in total. The molecule has 0 aliphatic heterocycles. The zero-order chi connectivity index (χ0) is 26.5. The van der Waals surface area contributed by atoms with Crippen LogP contribution in [0.15, 0.2) is 67.1 Å². The molecule has 0 aliphatic rings. The van der Waals surface area contributed by atoms with Crippen LogP contribution in [-0.2, 0) is 31.0 Å². The van der Waals surface area contributed by atoms with Crippen LogP contribution in [0.2, 0.25) is 0 Å². The van der Waals surface area contributed by atoms with Crippen LogP contribution < -0.4 is 15.8 Å². The lowest BCUT2D eigenvalue weighted by atomic mass is 10.1. The van der Waals surface area contributed by atoms with Gasteiger partial charge in [0.15, 0.2) is 5.82 Å². The molecular weight excluding hydrogens is 484 g/mol. The van der Waals surface area contributed by atoms with Crippen LogP contribution in [0.25, 0.3) is 10.8 Å². The lowest BCUT2D eigenvalue weighted by Gasteiger charge is -2.11. The number of nitrogens with one attached hydrogen (secondary N) is 1. The third-order valence-electron chi connectivity index (χ3n) is 6.07. The number of carbonyl (C=O) groups is 1. The van der Waals surface area contributed by atoms with Gasteiger partial charge in [0.05, 0.1) is 25.6 Å². The third kappa shape index (κ3) is 5.47. The number of anilines is 1. The van der Waals surface area contributed by atoms with Gasteiger partial charge in [-0.2, -0.15) is 5.10 Å². The average Bonchev–Trinajstić information content (AvgIpc) is 3.58. The van der Waals surface area contributed by atoms with Gasteiger partial charge in [-0.3, -0.25) is 9.48 Å². The van der Waals surface area contributed by atoms with E-state index < -0.39 is 0 Å². The molecule has 5 aromatic rings. The zero-order valence-electron chi connectivity index (χ0n) is 21.2. The van der Waals surface area contributed by atoms with Gasteiger partial charge < -0.3 is 20.5 Å². The molecule has 2 aromatic carbocycles. The van der Waals surface area contributed by atoms with Crippen molar-refractivity contribution in [2.45, 2.75) is 26.2 Å². The van der Waals surface area contributed by atoms with Gasteiger partial charge in [-0.1, -0.05) is 24.3 Å². The van der Waals surface area contributed by atoms with Crippen LogP contribution in [-0.4, -0.2) is 49.7 Å². The third-order valence-corrected chi connectivity index (χ3v) is 6.07. The number of benzene rings is 2. The first-order valence-corrected chi connectivity index (χ1v) is 12.0. The first kappa shape index (κ1) is 24.9. The summed E-state index contributed by atoms with van der Waals surface area (Å²) in [6.07, 6.45) is 5.33. The Labute approximate surface area is 219 Å². The largest absolute Gasteiger partial charge is 0.496 e. The number of amides is 1. The summed E-state index contributed by atoms with van der Waals surface area (Å²) < 4.78 is 14.3. The van der Waals surface area contributed by atoms with E-state index in [1.165, 1.54) is 0 Å². The summed E-state index contributed by atoms with van der Waals surface area (Å²) in [5.41, 5.74) is 9.03. The number of hydrogen-bond acceptors (Lipinski definition) is 8. The molecule has 0 unspecified atom stereocenters. The Morgan fingerprint density at radius 1 is 1.03 bits per heavy atom. The SMILES string of the molecule is COCc1nc(C(=O)NCc2cc(OC)c3c(N)nccc3c2)nn1Cc1ccc(Cn2cccn2)cc1. The minimum atomic E-state index is -0.385. The Morgan fingerprint density at radius 2 is 1.82 bits per heavy atom. The number of aromatic nitrogens is 6. The number of pyridine rings is 1. The lowest BCUT2D eigenvalue weighted by Crippen LogP contribution is -2.24. The van der Waals surface area contributed by atoms with Gasteiger partial charge in [0.1, 0.15) is 18.2 Å². The summed E-state index contributed by atoms with van der Waals surface area (Å²) >= 11 is 0. The number of methoxy groups -OCH3 is 2. The van der Waals surface area contributed by atoms with Crippen molar-refractivity contribution >= 4 is 22.5 Å². The molecule has 5 rings (SSSR count). The van der Waals surface area contributed by atoms with E-state index in [0.717, 1.165) is 27.5 Å². The Morgan fingerprint density at radius 3 is 2.53 bits per heavy atom. The summed E-state index contributed by atoms with van der Waals surface area (Å²) in [6, 6.07) is 15.7. The summed E-state index contributed by atoms with van der Waals surface area (Å²) in [6.45, 7) is 1.65. The Hall–Kier alpha value is -4.77. The second kappa shape index (κ2) is 11.1. The monoisotopic (exact) mass is 512 g/mol. The Kier molecular flexibility index (Phi) is 7.27. The molecule has 0 atom stereocenters. The van der Waals surface area contributed by atoms with E-state index in [1.807, 2.05) is 47.3 Å². The van der Waals surface area contributed by atoms with E-state index in [2.05, 4.69) is 37.6 Å². The maximum Gasteiger partial charge on any atom is 0.291 e. The zero-order valence-corrected chi connectivity index (χ0v) is 21.2. The molecule has 0 aliphatic carbocycles. The van der Waals surface area contributed by atoms with E-state index in [4.69, 9.17) is 15.2 Å². The van der Waals surface area contributed by atoms with Crippen molar-refractivity contribution in [2.24, 2.45) is 0 Å².